The van der Waals surface area contributed by atoms with Gasteiger partial charge in [0.25, 0.3) is 0 Å². The first-order valence-corrected chi connectivity index (χ1v) is 6.16. The van der Waals surface area contributed by atoms with Crippen LogP contribution in [0.4, 0.5) is 5.69 Å². The van der Waals surface area contributed by atoms with Crippen LogP contribution in [0.3, 0.4) is 0 Å². The number of rotatable bonds is 4. The van der Waals surface area contributed by atoms with Crippen molar-refractivity contribution in [3.63, 3.8) is 0 Å². The summed E-state index contributed by atoms with van der Waals surface area (Å²) in [7, 11) is 1.69. The highest BCUT2D eigenvalue weighted by Gasteiger charge is 2.04. The minimum absolute atomic E-state index is 0.717. The van der Waals surface area contributed by atoms with Crippen molar-refractivity contribution in [3.8, 4) is 5.75 Å². The van der Waals surface area contributed by atoms with Gasteiger partial charge in [-0.3, -0.25) is 5.10 Å². The molecule has 1 heterocycles. The highest BCUT2D eigenvalue weighted by Crippen LogP contribution is 2.23. The van der Waals surface area contributed by atoms with Gasteiger partial charge in [-0.2, -0.15) is 5.10 Å². The third-order valence-corrected chi connectivity index (χ3v) is 3.15. The number of nitrogens with one attached hydrogen (secondary N) is 2. The van der Waals surface area contributed by atoms with Gasteiger partial charge in [0.15, 0.2) is 0 Å². The number of aromatic amines is 1. The molecule has 0 atom stereocenters. The van der Waals surface area contributed by atoms with Gasteiger partial charge < -0.3 is 10.1 Å². The van der Waals surface area contributed by atoms with Crippen LogP contribution in [0.15, 0.2) is 48.7 Å². The lowest BCUT2D eigenvalue weighted by Crippen LogP contribution is -2.01. The Morgan fingerprint density at radius 2 is 2.05 bits per heavy atom. The number of H-pyrrole nitrogens is 1. The predicted molar refractivity (Wildman–Crippen MR) is 76.4 cm³/mol. The zero-order chi connectivity index (χ0) is 13.1. The normalized spacial score (nSPS) is 10.6. The average Bonchev–Trinajstić information content (AvgIpc) is 2.94. The van der Waals surface area contributed by atoms with Crippen LogP contribution in [0.1, 0.15) is 5.56 Å². The highest BCUT2D eigenvalue weighted by molar-refractivity contribution is 5.90. The highest BCUT2D eigenvalue weighted by atomic mass is 16.5. The molecule has 0 bridgehead atoms. The van der Waals surface area contributed by atoms with E-state index in [1.807, 2.05) is 42.6 Å². The van der Waals surface area contributed by atoms with Gasteiger partial charge in [0, 0.05) is 23.2 Å². The maximum atomic E-state index is 5.35. The van der Waals surface area contributed by atoms with Crippen LogP contribution in [-0.2, 0) is 6.54 Å². The zero-order valence-corrected chi connectivity index (χ0v) is 10.7. The maximum Gasteiger partial charge on any atom is 0.123 e. The molecular formula is C15H15N3O. The Bertz CT molecular complexity index is 690. The molecule has 4 nitrogen and oxygen atoms in total. The van der Waals surface area contributed by atoms with Crippen molar-refractivity contribution in [2.24, 2.45) is 0 Å². The summed E-state index contributed by atoms with van der Waals surface area (Å²) in [6.45, 7) is 0.717. The van der Waals surface area contributed by atoms with Crippen molar-refractivity contribution < 1.29 is 4.74 Å². The summed E-state index contributed by atoms with van der Waals surface area (Å²) < 4.78 is 5.35. The van der Waals surface area contributed by atoms with Crippen LogP contribution in [-0.4, -0.2) is 17.3 Å². The molecule has 0 spiro atoms. The number of methoxy groups -OCH3 is 1. The van der Waals surface area contributed by atoms with Gasteiger partial charge in [-0.1, -0.05) is 24.3 Å². The van der Waals surface area contributed by atoms with E-state index >= 15 is 0 Å². The second kappa shape index (κ2) is 5.02. The summed E-state index contributed by atoms with van der Waals surface area (Å²) in [5.41, 5.74) is 3.23. The number of nitrogens with zero attached hydrogens (tertiary/aromatic N) is 1. The molecule has 3 rings (SSSR count). The van der Waals surface area contributed by atoms with Crippen molar-refractivity contribution in [2.75, 3.05) is 12.4 Å². The van der Waals surface area contributed by atoms with Crippen LogP contribution in [0.2, 0.25) is 0 Å². The van der Waals surface area contributed by atoms with Crippen molar-refractivity contribution in [1.82, 2.24) is 10.2 Å². The first-order valence-electron chi connectivity index (χ1n) is 6.16. The Labute approximate surface area is 111 Å². The van der Waals surface area contributed by atoms with E-state index in [1.165, 1.54) is 0 Å². The number of fused-ring (bicyclic) bond motifs is 1. The summed E-state index contributed by atoms with van der Waals surface area (Å²) in [6.07, 6.45) is 1.83. The fourth-order valence-electron chi connectivity index (χ4n) is 2.16. The first kappa shape index (κ1) is 11.6. The third kappa shape index (κ3) is 2.25. The molecule has 2 N–H and O–H groups in total. The van der Waals surface area contributed by atoms with Crippen LogP contribution >= 0.6 is 0 Å². The van der Waals surface area contributed by atoms with Crippen molar-refractivity contribution >= 4 is 16.6 Å². The first-order chi connectivity index (χ1) is 9.38. The molecule has 4 heteroatoms. The van der Waals surface area contributed by atoms with E-state index in [4.69, 9.17) is 4.74 Å². The fraction of sp³-hybridized carbons (Fsp3) is 0.133. The molecule has 0 amide bonds. The quantitative estimate of drug-likeness (QED) is 0.750. The molecule has 0 fully saturated rings. The van der Waals surface area contributed by atoms with Crippen LogP contribution < -0.4 is 10.1 Å². The largest absolute Gasteiger partial charge is 0.496 e. The van der Waals surface area contributed by atoms with Crippen molar-refractivity contribution in [1.29, 1.82) is 0 Å². The lowest BCUT2D eigenvalue weighted by molar-refractivity contribution is 0.410. The van der Waals surface area contributed by atoms with Gasteiger partial charge in [-0.25, -0.2) is 0 Å². The van der Waals surface area contributed by atoms with Gasteiger partial charge in [-0.05, 0) is 18.2 Å². The summed E-state index contributed by atoms with van der Waals surface area (Å²) >= 11 is 0. The van der Waals surface area contributed by atoms with Crippen LogP contribution in [0, 0.1) is 0 Å². The molecule has 19 heavy (non-hydrogen) atoms. The Kier molecular flexibility index (Phi) is 3.06. The van der Waals surface area contributed by atoms with Gasteiger partial charge in [0.05, 0.1) is 18.8 Å². The van der Waals surface area contributed by atoms with Crippen molar-refractivity contribution in [3.05, 3.63) is 54.2 Å². The summed E-state index contributed by atoms with van der Waals surface area (Å²) in [4.78, 5) is 0. The minimum Gasteiger partial charge on any atom is -0.496 e. The topological polar surface area (TPSA) is 49.9 Å². The van der Waals surface area contributed by atoms with E-state index in [-0.39, 0.29) is 0 Å². The molecule has 0 aliphatic rings. The summed E-state index contributed by atoms with van der Waals surface area (Å²) in [5.74, 6) is 0.898. The summed E-state index contributed by atoms with van der Waals surface area (Å²) in [6, 6.07) is 14.1. The lowest BCUT2D eigenvalue weighted by Gasteiger charge is -2.11. The Balaban J connectivity index is 1.84. The molecule has 2 aromatic carbocycles. The Hall–Kier alpha value is -2.49. The number of hydrogen-bond acceptors (Lipinski definition) is 3. The second-order valence-electron chi connectivity index (χ2n) is 4.30. The molecule has 0 aliphatic heterocycles. The molecule has 3 aromatic rings. The molecule has 0 aliphatic carbocycles. The molecule has 1 aromatic heterocycles. The average molecular weight is 253 g/mol. The number of para-hydroxylation sites is 1. The van der Waals surface area contributed by atoms with E-state index in [2.05, 4.69) is 21.6 Å². The Morgan fingerprint density at radius 1 is 1.16 bits per heavy atom. The molecule has 0 saturated heterocycles. The van der Waals surface area contributed by atoms with Gasteiger partial charge in [0.2, 0.25) is 0 Å². The standard InChI is InChI=1S/C15H15N3O/c1-19-15-8-3-2-5-11(15)9-16-13-6-4-7-14-12(13)10-17-18-14/h2-8,10,16H,9H2,1H3,(H,17,18). The fourth-order valence-corrected chi connectivity index (χ4v) is 2.16. The van der Waals surface area contributed by atoms with E-state index in [1.54, 1.807) is 7.11 Å². The number of anilines is 1. The van der Waals surface area contributed by atoms with Crippen molar-refractivity contribution in [2.45, 2.75) is 6.54 Å². The predicted octanol–water partition coefficient (Wildman–Crippen LogP) is 3.18. The van der Waals surface area contributed by atoms with E-state index < -0.39 is 0 Å². The number of hydrogen-bond donors (Lipinski definition) is 2. The SMILES string of the molecule is COc1ccccc1CNc1cccc2[nH]ncc12. The van der Waals surface area contributed by atoms with Crippen LogP contribution in [0.25, 0.3) is 10.9 Å². The van der Waals surface area contributed by atoms with E-state index in [0.717, 1.165) is 27.9 Å². The van der Waals surface area contributed by atoms with E-state index in [0.29, 0.717) is 6.54 Å². The Morgan fingerprint density at radius 3 is 2.95 bits per heavy atom. The van der Waals surface area contributed by atoms with Gasteiger partial charge in [-0.15, -0.1) is 0 Å². The molecule has 0 unspecified atom stereocenters. The molecule has 0 saturated carbocycles. The second-order valence-corrected chi connectivity index (χ2v) is 4.30. The number of aromatic nitrogens is 2. The number of benzene rings is 2. The minimum atomic E-state index is 0.717. The number of ether oxygens (including phenoxy) is 1. The smallest absolute Gasteiger partial charge is 0.123 e. The lowest BCUT2D eigenvalue weighted by atomic mass is 10.1. The van der Waals surface area contributed by atoms with Gasteiger partial charge in [0.1, 0.15) is 5.75 Å². The third-order valence-electron chi connectivity index (χ3n) is 3.15. The van der Waals surface area contributed by atoms with Gasteiger partial charge >= 0.3 is 0 Å². The summed E-state index contributed by atoms with van der Waals surface area (Å²) in [5, 5.41) is 11.5. The van der Waals surface area contributed by atoms with E-state index in [9.17, 15) is 0 Å². The molecule has 96 valence electrons. The molecule has 0 radical (unpaired) electrons. The maximum absolute atomic E-state index is 5.35. The zero-order valence-electron chi connectivity index (χ0n) is 10.7. The monoisotopic (exact) mass is 253 g/mol. The molecular weight excluding hydrogens is 238 g/mol. The van der Waals surface area contributed by atoms with Crippen LogP contribution in [0.5, 0.6) is 5.75 Å².